The number of rotatable bonds is 4. The highest BCUT2D eigenvalue weighted by molar-refractivity contribution is 5.83. The number of fused-ring (bicyclic) bond motifs is 1. The molecule has 1 aliphatic heterocycles. The van der Waals surface area contributed by atoms with Crippen molar-refractivity contribution in [3.05, 3.63) is 77.6 Å². The summed E-state index contributed by atoms with van der Waals surface area (Å²) in [4.78, 5) is 2.43. The lowest BCUT2D eigenvalue weighted by Gasteiger charge is -2.32. The lowest BCUT2D eigenvalue weighted by Crippen LogP contribution is -2.33. The number of benzene rings is 3. The van der Waals surface area contributed by atoms with Crippen LogP contribution in [0.15, 0.2) is 60.7 Å². The SMILES string of the molecule is COc1ccc(F)cc1C(c1ccc2ccccc2c1)N1CCCNCC1. The van der Waals surface area contributed by atoms with Gasteiger partial charge in [-0.1, -0.05) is 36.4 Å². The summed E-state index contributed by atoms with van der Waals surface area (Å²) in [6.45, 7) is 3.82. The number of halogens is 1. The van der Waals surface area contributed by atoms with Crippen molar-refractivity contribution in [2.45, 2.75) is 12.5 Å². The molecule has 0 saturated carbocycles. The van der Waals surface area contributed by atoms with Gasteiger partial charge in [0.15, 0.2) is 0 Å². The minimum absolute atomic E-state index is 0.0415. The lowest BCUT2D eigenvalue weighted by molar-refractivity contribution is 0.236. The van der Waals surface area contributed by atoms with Crippen molar-refractivity contribution in [3.8, 4) is 5.75 Å². The Morgan fingerprint density at radius 3 is 2.67 bits per heavy atom. The molecule has 1 heterocycles. The van der Waals surface area contributed by atoms with Crippen LogP contribution in [0.2, 0.25) is 0 Å². The van der Waals surface area contributed by atoms with E-state index >= 15 is 0 Å². The molecule has 0 aromatic heterocycles. The van der Waals surface area contributed by atoms with E-state index in [0.29, 0.717) is 0 Å². The van der Waals surface area contributed by atoms with E-state index in [4.69, 9.17) is 4.74 Å². The monoisotopic (exact) mass is 364 g/mol. The molecule has 0 aliphatic carbocycles. The normalized spacial score (nSPS) is 16.8. The van der Waals surface area contributed by atoms with Crippen LogP contribution in [0.3, 0.4) is 0 Å². The highest BCUT2D eigenvalue weighted by Gasteiger charge is 2.26. The molecule has 0 spiro atoms. The van der Waals surface area contributed by atoms with Gasteiger partial charge >= 0.3 is 0 Å². The van der Waals surface area contributed by atoms with E-state index in [-0.39, 0.29) is 11.9 Å². The summed E-state index contributed by atoms with van der Waals surface area (Å²) in [5.74, 6) is 0.497. The van der Waals surface area contributed by atoms with Crippen molar-refractivity contribution in [3.63, 3.8) is 0 Å². The predicted molar refractivity (Wildman–Crippen MR) is 108 cm³/mol. The first-order valence-corrected chi connectivity index (χ1v) is 9.53. The smallest absolute Gasteiger partial charge is 0.124 e. The minimum atomic E-state index is -0.232. The Labute approximate surface area is 159 Å². The fourth-order valence-corrected chi connectivity index (χ4v) is 4.01. The Balaban J connectivity index is 1.85. The second kappa shape index (κ2) is 8.07. The third-order valence-corrected chi connectivity index (χ3v) is 5.32. The predicted octanol–water partition coefficient (Wildman–Crippen LogP) is 4.37. The van der Waals surface area contributed by atoms with Crippen molar-refractivity contribution in [2.24, 2.45) is 0 Å². The number of methoxy groups -OCH3 is 1. The summed E-state index contributed by atoms with van der Waals surface area (Å²) in [6.07, 6.45) is 1.07. The zero-order valence-corrected chi connectivity index (χ0v) is 15.6. The Morgan fingerprint density at radius 2 is 1.81 bits per heavy atom. The van der Waals surface area contributed by atoms with E-state index in [1.54, 1.807) is 19.2 Å². The van der Waals surface area contributed by atoms with Crippen LogP contribution < -0.4 is 10.1 Å². The molecule has 27 heavy (non-hydrogen) atoms. The molecule has 3 aromatic carbocycles. The molecule has 1 unspecified atom stereocenters. The number of nitrogens with zero attached hydrogens (tertiary/aromatic N) is 1. The minimum Gasteiger partial charge on any atom is -0.496 e. The van der Waals surface area contributed by atoms with Gasteiger partial charge in [0.05, 0.1) is 13.2 Å². The topological polar surface area (TPSA) is 24.5 Å². The van der Waals surface area contributed by atoms with Gasteiger partial charge in [-0.05, 0) is 53.6 Å². The van der Waals surface area contributed by atoms with E-state index in [2.05, 4.69) is 52.7 Å². The summed E-state index contributed by atoms with van der Waals surface area (Å²) in [6, 6.07) is 19.7. The van der Waals surface area contributed by atoms with Crippen LogP contribution in [-0.2, 0) is 0 Å². The fourth-order valence-electron chi connectivity index (χ4n) is 4.01. The van der Waals surface area contributed by atoms with Gasteiger partial charge in [0.25, 0.3) is 0 Å². The molecule has 1 fully saturated rings. The molecule has 3 aromatic rings. The number of nitrogens with one attached hydrogen (secondary N) is 1. The van der Waals surface area contributed by atoms with E-state index < -0.39 is 0 Å². The summed E-state index contributed by atoms with van der Waals surface area (Å²) in [5.41, 5.74) is 2.05. The van der Waals surface area contributed by atoms with Gasteiger partial charge in [0.1, 0.15) is 11.6 Å². The zero-order valence-electron chi connectivity index (χ0n) is 15.6. The average molecular weight is 364 g/mol. The molecule has 1 saturated heterocycles. The van der Waals surface area contributed by atoms with Crippen LogP contribution in [0.1, 0.15) is 23.6 Å². The van der Waals surface area contributed by atoms with Crippen molar-refractivity contribution in [1.29, 1.82) is 0 Å². The van der Waals surface area contributed by atoms with Crippen LogP contribution in [0.4, 0.5) is 4.39 Å². The van der Waals surface area contributed by atoms with Crippen LogP contribution in [0.25, 0.3) is 10.8 Å². The first kappa shape index (κ1) is 18.0. The molecule has 0 bridgehead atoms. The van der Waals surface area contributed by atoms with Crippen molar-refractivity contribution >= 4 is 10.8 Å². The van der Waals surface area contributed by atoms with Gasteiger partial charge in [0, 0.05) is 25.2 Å². The molecule has 4 rings (SSSR count). The quantitative estimate of drug-likeness (QED) is 0.744. The Kier molecular flexibility index (Phi) is 5.37. The molecule has 1 atom stereocenters. The maximum atomic E-state index is 14.2. The molecule has 4 heteroatoms. The van der Waals surface area contributed by atoms with Crippen LogP contribution in [-0.4, -0.2) is 38.2 Å². The van der Waals surface area contributed by atoms with E-state index in [1.165, 1.54) is 22.4 Å². The standard InChI is InChI=1S/C23H25FN2O/c1-27-22-10-9-20(24)16-21(22)23(26-13-4-11-25-12-14-26)19-8-7-17-5-2-3-6-18(17)15-19/h2-3,5-10,15-16,23,25H,4,11-14H2,1H3. The van der Waals surface area contributed by atoms with Crippen LogP contribution in [0, 0.1) is 5.82 Å². The van der Waals surface area contributed by atoms with Crippen molar-refractivity contribution in [2.75, 3.05) is 33.3 Å². The molecule has 0 radical (unpaired) electrons. The summed E-state index contributed by atoms with van der Waals surface area (Å²) < 4.78 is 19.8. The summed E-state index contributed by atoms with van der Waals surface area (Å²) in [7, 11) is 1.65. The highest BCUT2D eigenvalue weighted by atomic mass is 19.1. The van der Waals surface area contributed by atoms with Crippen molar-refractivity contribution in [1.82, 2.24) is 10.2 Å². The molecule has 3 nitrogen and oxygen atoms in total. The van der Waals surface area contributed by atoms with Gasteiger partial charge in [0.2, 0.25) is 0 Å². The molecular weight excluding hydrogens is 339 g/mol. The third kappa shape index (κ3) is 3.82. The molecule has 1 aliphatic rings. The van der Waals surface area contributed by atoms with Gasteiger partial charge in [-0.2, -0.15) is 0 Å². The first-order valence-electron chi connectivity index (χ1n) is 9.53. The summed E-state index contributed by atoms with van der Waals surface area (Å²) >= 11 is 0. The van der Waals surface area contributed by atoms with E-state index in [9.17, 15) is 4.39 Å². The third-order valence-electron chi connectivity index (χ3n) is 5.32. The average Bonchev–Trinajstić information content (AvgIpc) is 2.98. The van der Waals surface area contributed by atoms with E-state index in [0.717, 1.165) is 43.9 Å². The second-order valence-corrected chi connectivity index (χ2v) is 7.03. The number of hydrogen-bond acceptors (Lipinski definition) is 3. The maximum Gasteiger partial charge on any atom is 0.124 e. The largest absolute Gasteiger partial charge is 0.496 e. The van der Waals surface area contributed by atoms with Crippen LogP contribution >= 0.6 is 0 Å². The molecular formula is C23H25FN2O. The highest BCUT2D eigenvalue weighted by Crippen LogP contribution is 2.36. The zero-order chi connectivity index (χ0) is 18.6. The Morgan fingerprint density at radius 1 is 0.963 bits per heavy atom. The van der Waals surface area contributed by atoms with Gasteiger partial charge < -0.3 is 10.1 Å². The first-order chi connectivity index (χ1) is 13.3. The maximum absolute atomic E-state index is 14.2. The summed E-state index contributed by atoms with van der Waals surface area (Å²) in [5, 5.41) is 5.87. The van der Waals surface area contributed by atoms with Crippen molar-refractivity contribution < 1.29 is 9.13 Å². The Bertz CT molecular complexity index is 919. The number of hydrogen-bond donors (Lipinski definition) is 1. The van der Waals surface area contributed by atoms with Crippen LogP contribution in [0.5, 0.6) is 5.75 Å². The van der Waals surface area contributed by atoms with Gasteiger partial charge in [-0.25, -0.2) is 4.39 Å². The second-order valence-electron chi connectivity index (χ2n) is 7.03. The van der Waals surface area contributed by atoms with Gasteiger partial charge in [-0.15, -0.1) is 0 Å². The van der Waals surface area contributed by atoms with E-state index in [1.807, 2.05) is 0 Å². The lowest BCUT2D eigenvalue weighted by atomic mass is 9.93. The molecule has 0 amide bonds. The Hall–Kier alpha value is -2.43. The molecule has 140 valence electrons. The fraction of sp³-hybridized carbons (Fsp3) is 0.304. The number of ether oxygens (including phenoxy) is 1. The molecule has 1 N–H and O–H groups in total. The van der Waals surface area contributed by atoms with Gasteiger partial charge in [-0.3, -0.25) is 4.90 Å².